The maximum absolute atomic E-state index is 15.0. The van der Waals surface area contributed by atoms with Crippen molar-refractivity contribution in [2.75, 3.05) is 18.4 Å². The molecule has 3 atom stereocenters. The summed E-state index contributed by atoms with van der Waals surface area (Å²) in [6, 6.07) is -0.00343. The topological polar surface area (TPSA) is 107 Å². The SMILES string of the molecule is C[C@H]1CCCN1C(=O)c1nc(C(=O)NCC(C)(C)O)sc1-c1cnc(NC2CCCCC2(C)F)cc1C(F)(F)F. The van der Waals surface area contributed by atoms with E-state index in [0.717, 1.165) is 31.5 Å². The minimum absolute atomic E-state index is 0.124. The Balaban J connectivity index is 1.77. The van der Waals surface area contributed by atoms with Crippen LogP contribution < -0.4 is 10.6 Å². The van der Waals surface area contributed by atoms with Gasteiger partial charge in [-0.2, -0.15) is 13.2 Å². The van der Waals surface area contributed by atoms with Crippen LogP contribution in [0.1, 0.15) is 92.1 Å². The molecule has 220 valence electrons. The maximum atomic E-state index is 15.0. The number of aliphatic hydroxyl groups is 1. The van der Waals surface area contributed by atoms with Gasteiger partial charge in [-0.05, 0) is 59.4 Å². The molecular formula is C27H35F4N5O3S. The molecule has 4 rings (SSSR count). The molecule has 8 nitrogen and oxygen atoms in total. The van der Waals surface area contributed by atoms with Crippen LogP contribution in [0, 0.1) is 0 Å². The van der Waals surface area contributed by atoms with Crippen molar-refractivity contribution in [3.05, 3.63) is 28.5 Å². The first-order chi connectivity index (χ1) is 18.6. The van der Waals surface area contributed by atoms with E-state index in [1.54, 1.807) is 4.90 Å². The third-order valence-corrected chi connectivity index (χ3v) is 8.52. The van der Waals surface area contributed by atoms with E-state index in [1.807, 2.05) is 6.92 Å². The number of alkyl halides is 4. The molecule has 1 aliphatic heterocycles. The smallest absolute Gasteiger partial charge is 0.389 e. The van der Waals surface area contributed by atoms with E-state index in [1.165, 1.54) is 20.8 Å². The van der Waals surface area contributed by atoms with Gasteiger partial charge in [0.05, 0.1) is 22.1 Å². The van der Waals surface area contributed by atoms with E-state index < -0.39 is 40.9 Å². The molecule has 0 bridgehead atoms. The number of likely N-dealkylation sites (tertiary alicyclic amines) is 1. The third-order valence-electron chi connectivity index (χ3n) is 7.43. The highest BCUT2D eigenvalue weighted by Crippen LogP contribution is 2.42. The van der Waals surface area contributed by atoms with Crippen molar-refractivity contribution < 1.29 is 32.3 Å². The molecule has 2 aliphatic rings. The number of hydrogen-bond acceptors (Lipinski definition) is 7. The molecule has 2 unspecified atom stereocenters. The van der Waals surface area contributed by atoms with Crippen LogP contribution in [0.25, 0.3) is 10.4 Å². The number of halogens is 4. The quantitative estimate of drug-likeness (QED) is 0.374. The van der Waals surface area contributed by atoms with Gasteiger partial charge in [0.15, 0.2) is 5.01 Å². The molecule has 2 aromatic rings. The standard InChI is InChI=1S/C27H35F4N5O3S/c1-15-8-7-11-36(15)24(38)20-21(40-23(35-20)22(37)33-14-25(2,3)39)16-13-32-19(12-17(16)27(29,30)31)34-18-9-5-6-10-26(18,4)28/h12-13,15,18,39H,5-11,14H2,1-4H3,(H,32,34)(H,33,37)/t15-,18?,26?/m0/s1. The lowest BCUT2D eigenvalue weighted by Crippen LogP contribution is -2.43. The van der Waals surface area contributed by atoms with E-state index in [-0.39, 0.29) is 39.5 Å². The fourth-order valence-corrected chi connectivity index (χ4v) is 6.13. The molecule has 1 saturated carbocycles. The summed E-state index contributed by atoms with van der Waals surface area (Å²) < 4.78 is 58.3. The predicted molar refractivity (Wildman–Crippen MR) is 144 cm³/mol. The number of aromatic nitrogens is 2. The predicted octanol–water partition coefficient (Wildman–Crippen LogP) is 5.43. The average molecular weight is 586 g/mol. The molecule has 3 N–H and O–H groups in total. The fourth-order valence-electron chi connectivity index (χ4n) is 5.13. The Morgan fingerprint density at radius 3 is 2.55 bits per heavy atom. The average Bonchev–Trinajstić information content (AvgIpc) is 3.49. The number of nitrogens with zero attached hydrogens (tertiary/aromatic N) is 3. The Labute approximate surface area is 234 Å². The number of carbonyl (C=O) groups is 2. The van der Waals surface area contributed by atoms with Crippen LogP contribution in [0.3, 0.4) is 0 Å². The van der Waals surface area contributed by atoms with Crippen LogP contribution in [0.4, 0.5) is 23.4 Å². The third kappa shape index (κ3) is 6.73. The zero-order valence-electron chi connectivity index (χ0n) is 23.0. The summed E-state index contributed by atoms with van der Waals surface area (Å²) in [7, 11) is 0. The summed E-state index contributed by atoms with van der Waals surface area (Å²) >= 11 is 0.658. The van der Waals surface area contributed by atoms with Crippen LogP contribution in [0.2, 0.25) is 0 Å². The summed E-state index contributed by atoms with van der Waals surface area (Å²) in [6.07, 6.45) is -0.133. The van der Waals surface area contributed by atoms with Crippen molar-refractivity contribution in [1.82, 2.24) is 20.2 Å². The zero-order chi connectivity index (χ0) is 29.5. The van der Waals surface area contributed by atoms with Gasteiger partial charge >= 0.3 is 6.18 Å². The van der Waals surface area contributed by atoms with E-state index in [0.29, 0.717) is 37.1 Å². The lowest BCUT2D eigenvalue weighted by Gasteiger charge is -2.35. The molecule has 1 aliphatic carbocycles. The summed E-state index contributed by atoms with van der Waals surface area (Å²) in [5, 5.41) is 15.1. The molecule has 1 saturated heterocycles. The second kappa shape index (κ2) is 11.2. The number of pyridine rings is 1. The Morgan fingerprint density at radius 2 is 1.95 bits per heavy atom. The Hall–Kier alpha value is -2.80. The number of amides is 2. The summed E-state index contributed by atoms with van der Waals surface area (Å²) in [5.74, 6) is -1.41. The molecule has 2 aromatic heterocycles. The van der Waals surface area contributed by atoms with Crippen LogP contribution in [-0.2, 0) is 6.18 Å². The van der Waals surface area contributed by atoms with Crippen LogP contribution in [-0.4, -0.2) is 68.2 Å². The van der Waals surface area contributed by atoms with Gasteiger partial charge in [0, 0.05) is 30.9 Å². The fraction of sp³-hybridized carbons (Fsp3) is 0.630. The monoisotopic (exact) mass is 585 g/mol. The van der Waals surface area contributed by atoms with Crippen molar-refractivity contribution >= 4 is 29.0 Å². The minimum atomic E-state index is -4.84. The number of carbonyl (C=O) groups excluding carboxylic acids is 2. The first kappa shape index (κ1) is 30.2. The van der Waals surface area contributed by atoms with Gasteiger partial charge in [0.1, 0.15) is 17.2 Å². The van der Waals surface area contributed by atoms with Crippen molar-refractivity contribution in [3.8, 4) is 10.4 Å². The maximum Gasteiger partial charge on any atom is 0.417 e. The van der Waals surface area contributed by atoms with Gasteiger partial charge in [-0.1, -0.05) is 12.8 Å². The van der Waals surface area contributed by atoms with Crippen molar-refractivity contribution in [2.24, 2.45) is 0 Å². The van der Waals surface area contributed by atoms with Crippen LogP contribution in [0.5, 0.6) is 0 Å². The highest BCUT2D eigenvalue weighted by molar-refractivity contribution is 7.17. The van der Waals surface area contributed by atoms with Crippen molar-refractivity contribution in [2.45, 2.75) is 95.7 Å². The minimum Gasteiger partial charge on any atom is -0.389 e. The lowest BCUT2D eigenvalue weighted by atomic mass is 9.83. The second-order valence-electron chi connectivity index (χ2n) is 11.5. The molecule has 40 heavy (non-hydrogen) atoms. The zero-order valence-corrected chi connectivity index (χ0v) is 23.8. The number of rotatable bonds is 7. The van der Waals surface area contributed by atoms with E-state index >= 15 is 4.39 Å². The van der Waals surface area contributed by atoms with E-state index in [4.69, 9.17) is 0 Å². The van der Waals surface area contributed by atoms with Crippen molar-refractivity contribution in [1.29, 1.82) is 0 Å². The molecule has 2 fully saturated rings. The van der Waals surface area contributed by atoms with Gasteiger partial charge in [-0.3, -0.25) is 9.59 Å². The molecule has 3 heterocycles. The Morgan fingerprint density at radius 1 is 1.23 bits per heavy atom. The Bertz CT molecular complexity index is 1260. The molecule has 0 spiro atoms. The summed E-state index contributed by atoms with van der Waals surface area (Å²) in [6.45, 7) is 6.55. The highest BCUT2D eigenvalue weighted by Gasteiger charge is 2.40. The van der Waals surface area contributed by atoms with Gasteiger partial charge in [-0.15, -0.1) is 11.3 Å². The van der Waals surface area contributed by atoms with Crippen LogP contribution >= 0.6 is 11.3 Å². The Kier molecular flexibility index (Phi) is 8.47. The van der Waals surface area contributed by atoms with Gasteiger partial charge in [-0.25, -0.2) is 14.4 Å². The summed E-state index contributed by atoms with van der Waals surface area (Å²) in [5.41, 5.74) is -4.55. The summed E-state index contributed by atoms with van der Waals surface area (Å²) in [4.78, 5) is 36.1. The largest absolute Gasteiger partial charge is 0.417 e. The number of nitrogens with one attached hydrogen (secondary N) is 2. The molecule has 2 amide bonds. The number of thiazole rings is 1. The van der Waals surface area contributed by atoms with Gasteiger partial charge in [0.25, 0.3) is 11.8 Å². The first-order valence-corrected chi connectivity index (χ1v) is 14.2. The van der Waals surface area contributed by atoms with E-state index in [9.17, 15) is 27.9 Å². The van der Waals surface area contributed by atoms with E-state index in [2.05, 4.69) is 20.6 Å². The normalized spacial score (nSPS) is 23.8. The highest BCUT2D eigenvalue weighted by atomic mass is 32.1. The van der Waals surface area contributed by atoms with Gasteiger partial charge < -0.3 is 20.6 Å². The number of anilines is 1. The molecular weight excluding hydrogens is 550 g/mol. The second-order valence-corrected chi connectivity index (χ2v) is 12.5. The number of hydrogen-bond donors (Lipinski definition) is 3. The molecule has 0 aromatic carbocycles. The lowest BCUT2D eigenvalue weighted by molar-refractivity contribution is -0.137. The van der Waals surface area contributed by atoms with Crippen molar-refractivity contribution in [3.63, 3.8) is 0 Å². The molecule has 13 heteroatoms. The first-order valence-electron chi connectivity index (χ1n) is 13.4. The molecule has 0 radical (unpaired) electrons. The van der Waals surface area contributed by atoms with Crippen LogP contribution in [0.15, 0.2) is 12.3 Å². The van der Waals surface area contributed by atoms with Gasteiger partial charge in [0.2, 0.25) is 0 Å².